The number of Topliss-reactive ketones (excluding diaryl/α,β-unsaturated/α-hetero) is 1. The zero-order valence-corrected chi connectivity index (χ0v) is 22.4. The topological polar surface area (TPSA) is 93.1 Å². The van der Waals surface area contributed by atoms with E-state index in [2.05, 4.69) is 20.8 Å². The summed E-state index contributed by atoms with van der Waals surface area (Å²) in [5, 5.41) is 11.6. The Morgan fingerprint density at radius 1 is 0.921 bits per heavy atom. The predicted molar refractivity (Wildman–Crippen MR) is 145 cm³/mol. The van der Waals surface area contributed by atoms with Crippen LogP contribution >= 0.6 is 0 Å². The molecule has 1 unspecified atom stereocenters. The van der Waals surface area contributed by atoms with E-state index < -0.39 is 23.7 Å². The number of hydrogen-bond donors (Lipinski definition) is 1. The van der Waals surface area contributed by atoms with Gasteiger partial charge in [0.2, 0.25) is 0 Å². The number of aliphatic hydroxyl groups is 1. The summed E-state index contributed by atoms with van der Waals surface area (Å²) >= 11 is 0. The summed E-state index contributed by atoms with van der Waals surface area (Å²) in [6.45, 7) is 9.35. The molecule has 0 aromatic heterocycles. The van der Waals surface area contributed by atoms with Crippen molar-refractivity contribution in [3.63, 3.8) is 0 Å². The van der Waals surface area contributed by atoms with Crippen molar-refractivity contribution in [1.29, 1.82) is 0 Å². The molecule has 196 valence electrons. The number of benzene rings is 3. The Bertz CT molecular complexity index is 1430. The second-order valence-corrected chi connectivity index (χ2v) is 10.3. The number of nitrogens with zero attached hydrogens (tertiary/aromatic N) is 1. The van der Waals surface area contributed by atoms with Gasteiger partial charge in [0.1, 0.15) is 17.3 Å². The molecule has 1 saturated heterocycles. The summed E-state index contributed by atoms with van der Waals surface area (Å²) in [5.74, 6) is -1.31. The molecule has 1 amide bonds. The standard InChI is InChI=1S/C31H31NO6/c1-18-7-10-21(31(3,4)5)17-25(18)28(34)26-27(20-8-13-24(14-9-20)38-19(2)33)32(30(36)29(26)35)22-11-15-23(37-6)16-12-22/h7-17,27,34H,1-6H3/b28-26+. The molecule has 1 atom stereocenters. The number of hydrogen-bond acceptors (Lipinski definition) is 6. The molecular formula is C31H31NO6. The molecular weight excluding hydrogens is 482 g/mol. The van der Waals surface area contributed by atoms with Gasteiger partial charge in [-0.15, -0.1) is 0 Å². The summed E-state index contributed by atoms with van der Waals surface area (Å²) < 4.78 is 10.4. The normalized spacial score (nSPS) is 17.0. The van der Waals surface area contributed by atoms with Crippen molar-refractivity contribution in [3.05, 3.63) is 94.6 Å². The number of ketones is 1. The Kier molecular flexibility index (Phi) is 7.14. The van der Waals surface area contributed by atoms with Gasteiger partial charge in [-0.2, -0.15) is 0 Å². The molecule has 7 heteroatoms. The molecule has 0 aliphatic carbocycles. The van der Waals surface area contributed by atoms with E-state index in [1.165, 1.54) is 11.8 Å². The number of aryl methyl sites for hydroxylation is 1. The number of esters is 1. The summed E-state index contributed by atoms with van der Waals surface area (Å²) in [7, 11) is 1.54. The van der Waals surface area contributed by atoms with Crippen molar-refractivity contribution in [2.24, 2.45) is 0 Å². The Morgan fingerprint density at radius 2 is 1.53 bits per heavy atom. The molecule has 4 rings (SSSR count). The Labute approximate surface area is 222 Å². The minimum Gasteiger partial charge on any atom is -0.507 e. The van der Waals surface area contributed by atoms with E-state index in [1.807, 2.05) is 25.1 Å². The summed E-state index contributed by atoms with van der Waals surface area (Å²) in [6, 6.07) is 18.2. The number of anilines is 1. The highest BCUT2D eigenvalue weighted by Gasteiger charge is 2.47. The second-order valence-electron chi connectivity index (χ2n) is 10.3. The lowest BCUT2D eigenvalue weighted by atomic mass is 9.84. The van der Waals surface area contributed by atoms with E-state index in [-0.39, 0.29) is 16.7 Å². The zero-order valence-electron chi connectivity index (χ0n) is 22.4. The van der Waals surface area contributed by atoms with Gasteiger partial charge in [-0.3, -0.25) is 19.3 Å². The van der Waals surface area contributed by atoms with Gasteiger partial charge in [0.05, 0.1) is 18.7 Å². The van der Waals surface area contributed by atoms with Gasteiger partial charge in [0.15, 0.2) is 0 Å². The van der Waals surface area contributed by atoms with Gasteiger partial charge in [0, 0.05) is 18.2 Å². The molecule has 38 heavy (non-hydrogen) atoms. The highest BCUT2D eigenvalue weighted by molar-refractivity contribution is 6.51. The van der Waals surface area contributed by atoms with Crippen LogP contribution in [-0.2, 0) is 19.8 Å². The highest BCUT2D eigenvalue weighted by atomic mass is 16.5. The Balaban J connectivity index is 1.93. The predicted octanol–water partition coefficient (Wildman–Crippen LogP) is 5.85. The van der Waals surface area contributed by atoms with Gasteiger partial charge in [0.25, 0.3) is 11.7 Å². The first kappa shape index (κ1) is 26.7. The van der Waals surface area contributed by atoms with Gasteiger partial charge in [-0.05, 0) is 71.5 Å². The third-order valence-electron chi connectivity index (χ3n) is 6.61. The lowest BCUT2D eigenvalue weighted by molar-refractivity contribution is -0.132. The van der Waals surface area contributed by atoms with E-state index in [4.69, 9.17) is 9.47 Å². The van der Waals surface area contributed by atoms with Crippen LogP contribution < -0.4 is 14.4 Å². The molecule has 0 spiro atoms. The van der Waals surface area contributed by atoms with Crippen molar-refractivity contribution in [3.8, 4) is 11.5 Å². The van der Waals surface area contributed by atoms with Crippen molar-refractivity contribution < 1.29 is 29.0 Å². The third-order valence-corrected chi connectivity index (χ3v) is 6.61. The molecule has 0 saturated carbocycles. The fraction of sp³-hybridized carbons (Fsp3) is 0.258. The van der Waals surface area contributed by atoms with Gasteiger partial charge < -0.3 is 14.6 Å². The van der Waals surface area contributed by atoms with Crippen LogP contribution in [0.4, 0.5) is 5.69 Å². The van der Waals surface area contributed by atoms with Crippen LogP contribution in [0.1, 0.15) is 56.0 Å². The Morgan fingerprint density at radius 3 is 2.08 bits per heavy atom. The maximum atomic E-state index is 13.5. The van der Waals surface area contributed by atoms with Crippen LogP contribution in [0.15, 0.2) is 72.3 Å². The quantitative estimate of drug-likeness (QED) is 0.151. The largest absolute Gasteiger partial charge is 0.507 e. The first-order chi connectivity index (χ1) is 17.9. The number of rotatable bonds is 5. The molecule has 0 radical (unpaired) electrons. The number of aliphatic hydroxyl groups excluding tert-OH is 1. The summed E-state index contributed by atoms with van der Waals surface area (Å²) in [4.78, 5) is 39.7. The first-order valence-corrected chi connectivity index (χ1v) is 12.3. The van der Waals surface area contributed by atoms with E-state index >= 15 is 0 Å². The first-order valence-electron chi connectivity index (χ1n) is 12.3. The van der Waals surface area contributed by atoms with Crippen molar-refractivity contribution in [2.75, 3.05) is 12.0 Å². The minimum atomic E-state index is -0.910. The average molecular weight is 514 g/mol. The number of ether oxygens (including phenoxy) is 2. The number of methoxy groups -OCH3 is 1. The summed E-state index contributed by atoms with van der Waals surface area (Å²) in [6.07, 6.45) is 0. The molecule has 1 aliphatic rings. The molecule has 0 bridgehead atoms. The number of carbonyl (C=O) groups is 3. The molecule has 3 aromatic rings. The molecule has 1 heterocycles. The maximum Gasteiger partial charge on any atom is 0.308 e. The van der Waals surface area contributed by atoms with Crippen molar-refractivity contribution in [2.45, 2.75) is 46.1 Å². The minimum absolute atomic E-state index is 0.0137. The van der Waals surface area contributed by atoms with Crippen LogP contribution in [0.25, 0.3) is 5.76 Å². The van der Waals surface area contributed by atoms with Crippen LogP contribution in [0.3, 0.4) is 0 Å². The third kappa shape index (κ3) is 5.05. The van der Waals surface area contributed by atoms with E-state index in [1.54, 1.807) is 55.6 Å². The van der Waals surface area contributed by atoms with E-state index in [0.29, 0.717) is 28.3 Å². The van der Waals surface area contributed by atoms with Gasteiger partial charge >= 0.3 is 5.97 Å². The van der Waals surface area contributed by atoms with E-state index in [9.17, 15) is 19.5 Å². The van der Waals surface area contributed by atoms with E-state index in [0.717, 1.165) is 11.1 Å². The average Bonchev–Trinajstić information content (AvgIpc) is 3.13. The molecule has 7 nitrogen and oxygen atoms in total. The fourth-order valence-corrected chi connectivity index (χ4v) is 4.53. The smallest absolute Gasteiger partial charge is 0.308 e. The van der Waals surface area contributed by atoms with Crippen LogP contribution in [0.2, 0.25) is 0 Å². The zero-order chi connectivity index (χ0) is 27.8. The van der Waals surface area contributed by atoms with Crippen LogP contribution in [0.5, 0.6) is 11.5 Å². The van der Waals surface area contributed by atoms with Crippen LogP contribution in [-0.4, -0.2) is 29.9 Å². The molecule has 3 aromatic carbocycles. The lowest BCUT2D eigenvalue weighted by Crippen LogP contribution is -2.29. The van der Waals surface area contributed by atoms with Crippen molar-refractivity contribution >= 4 is 29.1 Å². The molecule has 1 fully saturated rings. The number of amides is 1. The second kappa shape index (κ2) is 10.2. The lowest BCUT2D eigenvalue weighted by Gasteiger charge is -2.26. The SMILES string of the molecule is COc1ccc(N2C(=O)C(=O)/C(=C(/O)c3cc(C(C)(C)C)ccc3C)C2c2ccc(OC(C)=O)cc2)cc1. The monoisotopic (exact) mass is 513 g/mol. The summed E-state index contributed by atoms with van der Waals surface area (Å²) in [5.41, 5.74) is 3.09. The molecule has 1 N–H and O–H groups in total. The van der Waals surface area contributed by atoms with Crippen molar-refractivity contribution in [1.82, 2.24) is 0 Å². The maximum absolute atomic E-state index is 13.5. The Hall–Kier alpha value is -4.39. The highest BCUT2D eigenvalue weighted by Crippen LogP contribution is 2.43. The van der Waals surface area contributed by atoms with Gasteiger partial charge in [-0.1, -0.05) is 45.0 Å². The fourth-order valence-electron chi connectivity index (χ4n) is 4.53. The van der Waals surface area contributed by atoms with Gasteiger partial charge in [-0.25, -0.2) is 0 Å². The molecule has 1 aliphatic heterocycles. The van der Waals surface area contributed by atoms with Crippen LogP contribution in [0, 0.1) is 6.92 Å². The number of carbonyl (C=O) groups excluding carboxylic acids is 3.